The minimum absolute atomic E-state index is 0.168. The Bertz CT molecular complexity index is 598. The topological polar surface area (TPSA) is 84.2 Å². The Hall–Kier alpha value is -1.85. The molecule has 21 heavy (non-hydrogen) atoms. The van der Waals surface area contributed by atoms with Crippen LogP contribution in [0.2, 0.25) is 0 Å². The minimum Gasteiger partial charge on any atom is -0.480 e. The van der Waals surface area contributed by atoms with Crippen LogP contribution in [0.4, 0.5) is 5.82 Å². The van der Waals surface area contributed by atoms with E-state index in [9.17, 15) is 14.7 Å². The van der Waals surface area contributed by atoms with Gasteiger partial charge in [0, 0.05) is 18.4 Å². The summed E-state index contributed by atoms with van der Waals surface area (Å²) in [5, 5.41) is 12.6. The molecule has 0 spiro atoms. The van der Waals surface area contributed by atoms with Gasteiger partial charge in [0.15, 0.2) is 5.82 Å². The number of nitrogens with one attached hydrogen (secondary N) is 1. The number of aromatic nitrogens is 2. The highest BCUT2D eigenvalue weighted by Crippen LogP contribution is 2.35. The van der Waals surface area contributed by atoms with Gasteiger partial charge in [0.25, 0.3) is 5.56 Å². The lowest BCUT2D eigenvalue weighted by Crippen LogP contribution is -2.50. The van der Waals surface area contributed by atoms with Crippen molar-refractivity contribution in [3.05, 3.63) is 22.7 Å². The summed E-state index contributed by atoms with van der Waals surface area (Å²) in [5.41, 5.74) is -1.26. The van der Waals surface area contributed by atoms with E-state index < -0.39 is 11.5 Å². The van der Waals surface area contributed by atoms with Crippen molar-refractivity contribution in [2.45, 2.75) is 57.0 Å². The lowest BCUT2D eigenvalue weighted by molar-refractivity contribution is -0.143. The molecule has 114 valence electrons. The van der Waals surface area contributed by atoms with Crippen LogP contribution in [0.15, 0.2) is 17.2 Å². The fraction of sp³-hybridized carbons (Fsp3) is 0.667. The van der Waals surface area contributed by atoms with Crippen LogP contribution in [0.3, 0.4) is 0 Å². The maximum Gasteiger partial charge on any atom is 0.329 e. The zero-order valence-electron chi connectivity index (χ0n) is 12.2. The number of carboxylic acid groups (broad SMARTS) is 1. The van der Waals surface area contributed by atoms with E-state index in [1.165, 1.54) is 0 Å². The van der Waals surface area contributed by atoms with Crippen LogP contribution in [0.25, 0.3) is 0 Å². The summed E-state index contributed by atoms with van der Waals surface area (Å²) in [5.74, 6) is -0.190. The summed E-state index contributed by atoms with van der Waals surface area (Å²) >= 11 is 0. The first-order chi connectivity index (χ1) is 10.0. The number of nitrogens with zero attached hydrogens (tertiary/aromatic N) is 2. The normalized spacial score (nSPS) is 29.1. The molecule has 0 saturated heterocycles. The van der Waals surface area contributed by atoms with Crippen molar-refractivity contribution in [3.63, 3.8) is 0 Å². The van der Waals surface area contributed by atoms with E-state index in [-0.39, 0.29) is 17.4 Å². The number of carboxylic acids is 1. The van der Waals surface area contributed by atoms with Crippen molar-refractivity contribution in [1.82, 2.24) is 9.55 Å². The van der Waals surface area contributed by atoms with E-state index >= 15 is 0 Å². The zero-order valence-corrected chi connectivity index (χ0v) is 12.2. The molecule has 0 aliphatic heterocycles. The van der Waals surface area contributed by atoms with E-state index in [4.69, 9.17) is 0 Å². The van der Waals surface area contributed by atoms with Gasteiger partial charge >= 0.3 is 5.97 Å². The number of hydrogen-bond donors (Lipinski definition) is 2. The third-order valence-electron chi connectivity index (χ3n) is 4.70. The van der Waals surface area contributed by atoms with Crippen molar-refractivity contribution in [1.29, 1.82) is 0 Å². The van der Waals surface area contributed by atoms with Crippen LogP contribution in [0.5, 0.6) is 0 Å². The van der Waals surface area contributed by atoms with E-state index in [1.54, 1.807) is 17.0 Å². The van der Waals surface area contributed by atoms with Crippen LogP contribution < -0.4 is 10.9 Å². The molecule has 1 heterocycles. The van der Waals surface area contributed by atoms with Gasteiger partial charge in [-0.1, -0.05) is 6.92 Å². The largest absolute Gasteiger partial charge is 0.480 e. The highest BCUT2D eigenvalue weighted by atomic mass is 16.4. The first-order valence-electron chi connectivity index (χ1n) is 7.60. The highest BCUT2D eigenvalue weighted by molar-refractivity contribution is 5.82. The van der Waals surface area contributed by atoms with E-state index in [0.717, 1.165) is 25.7 Å². The molecule has 0 bridgehead atoms. The number of rotatable bonds is 4. The first kappa shape index (κ1) is 14.1. The Labute approximate surface area is 123 Å². The molecule has 3 rings (SSSR count). The van der Waals surface area contributed by atoms with Gasteiger partial charge in [-0.2, -0.15) is 0 Å². The molecular formula is C15H21N3O3. The Balaban J connectivity index is 1.88. The fourth-order valence-corrected chi connectivity index (χ4v) is 3.02. The molecule has 2 fully saturated rings. The molecule has 1 aromatic rings. The summed E-state index contributed by atoms with van der Waals surface area (Å²) in [7, 11) is 0. The van der Waals surface area contributed by atoms with Crippen molar-refractivity contribution >= 4 is 11.8 Å². The molecule has 1 aromatic heterocycles. The quantitative estimate of drug-likeness (QED) is 0.886. The molecule has 0 amide bonds. The number of carbonyl (C=O) groups is 1. The maximum atomic E-state index is 12.4. The van der Waals surface area contributed by atoms with Gasteiger partial charge in [-0.05, 0) is 44.4 Å². The van der Waals surface area contributed by atoms with E-state index in [1.807, 2.05) is 0 Å². The summed E-state index contributed by atoms with van der Waals surface area (Å²) in [4.78, 5) is 28.2. The molecule has 0 radical (unpaired) electrons. The maximum absolute atomic E-state index is 12.4. The third kappa shape index (κ3) is 2.66. The van der Waals surface area contributed by atoms with Crippen LogP contribution in [0.1, 0.15) is 51.5 Å². The van der Waals surface area contributed by atoms with Gasteiger partial charge in [-0.15, -0.1) is 0 Å². The zero-order chi connectivity index (χ0) is 15.0. The van der Waals surface area contributed by atoms with E-state index in [2.05, 4.69) is 17.2 Å². The number of hydrogen-bond acceptors (Lipinski definition) is 4. The van der Waals surface area contributed by atoms with Gasteiger partial charge in [-0.25, -0.2) is 9.78 Å². The molecule has 0 aromatic carbocycles. The van der Waals surface area contributed by atoms with Crippen LogP contribution >= 0.6 is 0 Å². The molecule has 2 aliphatic rings. The second-order valence-corrected chi connectivity index (χ2v) is 6.41. The fourth-order valence-electron chi connectivity index (χ4n) is 3.02. The van der Waals surface area contributed by atoms with Crippen molar-refractivity contribution in [3.8, 4) is 0 Å². The molecule has 2 aliphatic carbocycles. The average molecular weight is 291 g/mol. The summed E-state index contributed by atoms with van der Waals surface area (Å²) in [6.45, 7) is 2.13. The molecule has 0 unspecified atom stereocenters. The Morgan fingerprint density at radius 3 is 2.62 bits per heavy atom. The third-order valence-corrected chi connectivity index (χ3v) is 4.70. The standard InChI is InChI=1S/C15H21N3O3/c1-10-4-6-15(7-5-10,14(20)21)17-12-13(19)18(9-8-16-12)11-2-3-11/h8-11H,2-7H2,1H3,(H,16,17)(H,20,21). The van der Waals surface area contributed by atoms with Crippen LogP contribution in [-0.2, 0) is 4.79 Å². The Kier molecular flexibility index (Phi) is 3.47. The Morgan fingerprint density at radius 2 is 2.05 bits per heavy atom. The van der Waals surface area contributed by atoms with Crippen molar-refractivity contribution in [2.24, 2.45) is 5.92 Å². The van der Waals surface area contributed by atoms with Gasteiger partial charge in [0.1, 0.15) is 5.54 Å². The lowest BCUT2D eigenvalue weighted by Gasteiger charge is -2.36. The predicted molar refractivity (Wildman–Crippen MR) is 78.4 cm³/mol. The number of aliphatic carboxylic acids is 1. The SMILES string of the molecule is CC1CCC(Nc2nccn(C3CC3)c2=O)(C(=O)O)CC1. The highest BCUT2D eigenvalue weighted by Gasteiger charge is 2.42. The minimum atomic E-state index is -1.05. The van der Waals surface area contributed by atoms with Gasteiger partial charge in [0.2, 0.25) is 0 Å². The second kappa shape index (κ2) is 5.16. The van der Waals surface area contributed by atoms with Crippen molar-refractivity contribution in [2.75, 3.05) is 5.32 Å². The molecule has 2 N–H and O–H groups in total. The molecule has 0 atom stereocenters. The smallest absolute Gasteiger partial charge is 0.329 e. The first-order valence-corrected chi connectivity index (χ1v) is 7.60. The Morgan fingerprint density at radius 1 is 1.38 bits per heavy atom. The predicted octanol–water partition coefficient (Wildman–Crippen LogP) is 2.02. The monoisotopic (exact) mass is 291 g/mol. The molecular weight excluding hydrogens is 270 g/mol. The van der Waals surface area contributed by atoms with Crippen LogP contribution in [0, 0.1) is 5.92 Å². The average Bonchev–Trinajstić information content (AvgIpc) is 3.28. The summed E-state index contributed by atoms with van der Waals surface area (Å²) in [6.07, 6.45) is 8.03. The lowest BCUT2D eigenvalue weighted by atomic mass is 9.77. The van der Waals surface area contributed by atoms with Gasteiger partial charge in [0.05, 0.1) is 0 Å². The molecule has 2 saturated carbocycles. The van der Waals surface area contributed by atoms with Gasteiger partial charge in [-0.3, -0.25) is 4.79 Å². The second-order valence-electron chi connectivity index (χ2n) is 6.41. The molecule has 6 heteroatoms. The van der Waals surface area contributed by atoms with Gasteiger partial charge < -0.3 is 15.0 Å². The van der Waals surface area contributed by atoms with Crippen molar-refractivity contribution < 1.29 is 9.90 Å². The van der Waals surface area contributed by atoms with Crippen LogP contribution in [-0.4, -0.2) is 26.2 Å². The van der Waals surface area contributed by atoms with E-state index in [0.29, 0.717) is 18.8 Å². The molecule has 6 nitrogen and oxygen atoms in total. The summed E-state index contributed by atoms with van der Waals surface area (Å²) < 4.78 is 1.66. The number of anilines is 1. The summed E-state index contributed by atoms with van der Waals surface area (Å²) in [6, 6.07) is 0.258.